The van der Waals surface area contributed by atoms with E-state index in [1.54, 1.807) is 20.9 Å². The average Bonchev–Trinajstić information content (AvgIpc) is 3.58. The van der Waals surface area contributed by atoms with E-state index in [4.69, 9.17) is 12.2 Å². The highest BCUT2D eigenvalue weighted by Crippen LogP contribution is 2.49. The maximum absolute atomic E-state index is 14.0. The second-order valence-electron chi connectivity index (χ2n) is 8.00. The van der Waals surface area contributed by atoms with Gasteiger partial charge >= 0.3 is 0 Å². The SMILES string of the molecule is CCN1C(=C2C=[N+](CC)[C-]([c-]3[s+]c(-c4sc(=S)n(CC)c4[O-])n(CC)c3=O)S2=O)Sc2ccccc21. The van der Waals surface area contributed by atoms with E-state index in [0.29, 0.717) is 48.6 Å². The summed E-state index contributed by atoms with van der Waals surface area (Å²) in [5, 5.41) is 15.0. The molecule has 0 radical (unpaired) electrons. The number of benzene rings is 1. The zero-order chi connectivity index (χ0) is 25.7. The molecule has 1 atom stereocenters. The van der Waals surface area contributed by atoms with E-state index in [-0.39, 0.29) is 11.4 Å². The van der Waals surface area contributed by atoms with Crippen molar-refractivity contribution in [1.82, 2.24) is 9.13 Å². The molecule has 0 N–H and O–H groups in total. The van der Waals surface area contributed by atoms with Gasteiger partial charge in [0, 0.05) is 34.2 Å². The first-order valence-electron chi connectivity index (χ1n) is 11.7. The highest BCUT2D eigenvalue weighted by molar-refractivity contribution is 8.05. The minimum atomic E-state index is -1.55. The number of allylic oxidation sites excluding steroid dienone is 1. The van der Waals surface area contributed by atoms with E-state index in [9.17, 15) is 14.1 Å². The van der Waals surface area contributed by atoms with Gasteiger partial charge in [0.15, 0.2) is 14.3 Å². The molecule has 0 saturated carbocycles. The van der Waals surface area contributed by atoms with Gasteiger partial charge in [-0.3, -0.25) is 4.21 Å². The average molecular weight is 578 g/mol. The first-order chi connectivity index (χ1) is 17.4. The Kier molecular flexibility index (Phi) is 7.07. The summed E-state index contributed by atoms with van der Waals surface area (Å²) < 4.78 is 19.6. The fourth-order valence-electron chi connectivity index (χ4n) is 4.38. The number of thiazole rings is 2. The molecule has 2 aromatic heterocycles. The number of hydrogen-bond donors (Lipinski definition) is 0. The molecule has 0 fully saturated rings. The lowest BCUT2D eigenvalue weighted by atomic mass is 10.3. The summed E-state index contributed by atoms with van der Waals surface area (Å²) in [5.41, 5.74) is 0.876. The molecule has 190 valence electrons. The molecule has 1 aromatic carbocycles. The van der Waals surface area contributed by atoms with Crippen LogP contribution in [0.2, 0.25) is 0 Å². The van der Waals surface area contributed by atoms with Crippen molar-refractivity contribution in [2.45, 2.75) is 45.7 Å². The van der Waals surface area contributed by atoms with E-state index >= 15 is 0 Å². The van der Waals surface area contributed by atoms with Crippen molar-refractivity contribution >= 4 is 69.4 Å². The van der Waals surface area contributed by atoms with Crippen LogP contribution in [0.15, 0.2) is 43.9 Å². The lowest BCUT2D eigenvalue weighted by molar-refractivity contribution is -0.479. The normalized spacial score (nSPS) is 19.3. The third kappa shape index (κ3) is 3.85. The summed E-state index contributed by atoms with van der Waals surface area (Å²) in [6, 6.07) is 8.15. The van der Waals surface area contributed by atoms with Crippen LogP contribution in [0.3, 0.4) is 0 Å². The quantitative estimate of drug-likeness (QED) is 0.182. The summed E-state index contributed by atoms with van der Waals surface area (Å²) in [6.45, 7) is 10.00. The standard InChI is InChI=1S/C24H26N4O3S5/c1-5-25-13-16(21-26(6-2)14-11-9-10-12-15(14)33-21)36(31)23(25)18-20(30)27(7-3)22(34-18)17-19(29)28(8-4)24(32)35-17/h9-13,29H,5-8H2,1-4H3/p-1. The van der Waals surface area contributed by atoms with Gasteiger partial charge < -0.3 is 28.5 Å². The molecule has 5 rings (SSSR count). The van der Waals surface area contributed by atoms with E-state index in [2.05, 4.69) is 24.0 Å². The summed E-state index contributed by atoms with van der Waals surface area (Å²) >= 11 is 9.46. The Morgan fingerprint density at radius 1 is 1.14 bits per heavy atom. The lowest BCUT2D eigenvalue weighted by Crippen LogP contribution is -2.26. The molecule has 0 spiro atoms. The number of fused-ring (bicyclic) bond motifs is 1. The van der Waals surface area contributed by atoms with E-state index < -0.39 is 10.8 Å². The molecule has 1 unspecified atom stereocenters. The Morgan fingerprint density at radius 3 is 2.50 bits per heavy atom. The smallest absolute Gasteiger partial charge is 0.161 e. The molecular formula is C24H25N4O3S5-. The third-order valence-corrected chi connectivity index (χ3v) is 11.8. The first kappa shape index (κ1) is 25.5. The van der Waals surface area contributed by atoms with Crippen LogP contribution < -0.4 is 15.6 Å². The van der Waals surface area contributed by atoms with Gasteiger partial charge in [-0.1, -0.05) is 23.9 Å². The molecule has 0 aliphatic carbocycles. The van der Waals surface area contributed by atoms with Gasteiger partial charge in [0.1, 0.15) is 17.0 Å². The molecule has 12 heteroatoms. The molecule has 4 heterocycles. The molecule has 3 aromatic rings. The Labute approximate surface area is 229 Å². The number of para-hydroxylation sites is 1. The Hall–Kier alpha value is -2.12. The fraction of sp³-hybridized carbons (Fsp3) is 0.333. The van der Waals surface area contributed by atoms with Crippen LogP contribution in [0.1, 0.15) is 32.6 Å². The van der Waals surface area contributed by atoms with Gasteiger partial charge in [0.25, 0.3) is 0 Å². The fourth-order valence-corrected chi connectivity index (χ4v) is 10.3. The van der Waals surface area contributed by atoms with Gasteiger partial charge in [0.2, 0.25) is 0 Å². The topological polar surface area (TPSA) is 73.3 Å². The number of rotatable bonds is 6. The molecule has 0 saturated heterocycles. The minimum absolute atomic E-state index is 0.180. The van der Waals surface area contributed by atoms with Crippen molar-refractivity contribution in [3.05, 3.63) is 58.8 Å². The van der Waals surface area contributed by atoms with Crippen LogP contribution in [0.5, 0.6) is 5.88 Å². The molecule has 2 aliphatic rings. The van der Waals surface area contributed by atoms with Gasteiger partial charge in [-0.15, -0.1) is 11.3 Å². The number of anilines is 1. The zero-order valence-corrected chi connectivity index (χ0v) is 24.4. The minimum Gasteiger partial charge on any atom is -0.860 e. The largest absolute Gasteiger partial charge is 0.860 e. The van der Waals surface area contributed by atoms with Crippen LogP contribution in [-0.4, -0.2) is 37.2 Å². The van der Waals surface area contributed by atoms with Crippen LogP contribution >= 0.6 is 46.7 Å². The number of nitrogens with zero attached hydrogens (tertiary/aromatic N) is 4. The highest BCUT2D eigenvalue weighted by atomic mass is 32.2. The van der Waals surface area contributed by atoms with Crippen molar-refractivity contribution in [1.29, 1.82) is 0 Å². The van der Waals surface area contributed by atoms with Crippen molar-refractivity contribution < 1.29 is 13.9 Å². The van der Waals surface area contributed by atoms with Gasteiger partial charge in [-0.05, 0) is 64.5 Å². The van der Waals surface area contributed by atoms with Crippen molar-refractivity contribution in [2.75, 3.05) is 18.0 Å². The van der Waals surface area contributed by atoms with Crippen molar-refractivity contribution in [3.63, 3.8) is 0 Å². The predicted octanol–water partition coefficient (Wildman–Crippen LogP) is 4.79. The molecule has 36 heavy (non-hydrogen) atoms. The molecule has 0 bridgehead atoms. The Balaban J connectivity index is 1.63. The Bertz CT molecular complexity index is 1560. The molecular weight excluding hydrogens is 553 g/mol. The van der Waals surface area contributed by atoms with Gasteiger partial charge in [-0.2, -0.15) is 0 Å². The Morgan fingerprint density at radius 2 is 1.86 bits per heavy atom. The zero-order valence-electron chi connectivity index (χ0n) is 20.3. The van der Waals surface area contributed by atoms with Crippen LogP contribution in [0.4, 0.5) is 5.69 Å². The van der Waals surface area contributed by atoms with Crippen LogP contribution in [-0.2, 0) is 23.9 Å². The number of hydrogen-bond acceptors (Lipinski definition) is 7. The second kappa shape index (κ2) is 9.97. The molecule has 0 amide bonds. The molecule has 7 nitrogen and oxygen atoms in total. The van der Waals surface area contributed by atoms with E-state index in [1.807, 2.05) is 43.7 Å². The maximum atomic E-state index is 14.0. The number of aromatic nitrogens is 2. The summed E-state index contributed by atoms with van der Waals surface area (Å²) in [5.74, 6) is -0.180. The maximum Gasteiger partial charge on any atom is 0.161 e. The van der Waals surface area contributed by atoms with Crippen molar-refractivity contribution in [3.8, 4) is 15.8 Å². The lowest BCUT2D eigenvalue weighted by Gasteiger charge is -2.19. The summed E-state index contributed by atoms with van der Waals surface area (Å²) in [6.07, 6.45) is 1.91. The molecule has 2 aliphatic heterocycles. The second-order valence-corrected chi connectivity index (χ2v) is 13.0. The summed E-state index contributed by atoms with van der Waals surface area (Å²) in [7, 11) is -1.55. The number of thioether (sulfide) groups is 1. The van der Waals surface area contributed by atoms with Crippen LogP contribution in [0, 0.1) is 9.33 Å². The summed E-state index contributed by atoms with van der Waals surface area (Å²) in [4.78, 5) is 18.5. The van der Waals surface area contributed by atoms with Gasteiger partial charge in [0.05, 0.1) is 32.6 Å². The highest BCUT2D eigenvalue weighted by Gasteiger charge is 2.39. The third-order valence-electron chi connectivity index (χ3n) is 6.14. The predicted molar refractivity (Wildman–Crippen MR) is 151 cm³/mol. The van der Waals surface area contributed by atoms with E-state index in [0.717, 1.165) is 22.2 Å². The van der Waals surface area contributed by atoms with Crippen molar-refractivity contribution in [2.24, 2.45) is 0 Å². The monoisotopic (exact) mass is 577 g/mol. The first-order valence-corrected chi connectivity index (χ1v) is 15.7. The van der Waals surface area contributed by atoms with E-state index in [1.165, 1.54) is 22.7 Å². The van der Waals surface area contributed by atoms with Crippen LogP contribution in [0.25, 0.3) is 9.88 Å². The van der Waals surface area contributed by atoms with Gasteiger partial charge in [-0.25, -0.2) is 0 Å².